The lowest BCUT2D eigenvalue weighted by Gasteiger charge is -2.31. The van der Waals surface area contributed by atoms with Gasteiger partial charge in [-0.3, -0.25) is 4.99 Å². The molecule has 0 saturated carbocycles. The Labute approximate surface area is 184 Å². The summed E-state index contributed by atoms with van der Waals surface area (Å²) in [7, 11) is -3.21. The van der Waals surface area contributed by atoms with Crippen molar-refractivity contribution in [3.05, 3.63) is 35.4 Å². The van der Waals surface area contributed by atoms with Crippen LogP contribution in [0.5, 0.6) is 0 Å². The van der Waals surface area contributed by atoms with Gasteiger partial charge in [0, 0.05) is 44.2 Å². The summed E-state index contributed by atoms with van der Waals surface area (Å²) >= 11 is 1.81. The maximum Gasteiger partial charge on any atom is 0.215 e. The van der Waals surface area contributed by atoms with E-state index in [-0.39, 0.29) is 29.7 Å². The van der Waals surface area contributed by atoms with E-state index in [0.29, 0.717) is 19.6 Å². The van der Waals surface area contributed by atoms with E-state index in [9.17, 15) is 8.42 Å². The maximum absolute atomic E-state index is 12.5. The van der Waals surface area contributed by atoms with E-state index in [0.717, 1.165) is 43.5 Å². The van der Waals surface area contributed by atoms with Gasteiger partial charge in [0.15, 0.2) is 5.96 Å². The predicted octanol–water partition coefficient (Wildman–Crippen LogP) is 2.01. The van der Waals surface area contributed by atoms with Gasteiger partial charge in [0.05, 0.1) is 12.3 Å². The molecule has 2 aliphatic rings. The topological polar surface area (TPSA) is 65.0 Å². The van der Waals surface area contributed by atoms with Crippen LogP contribution in [0.2, 0.25) is 0 Å². The van der Waals surface area contributed by atoms with Crippen molar-refractivity contribution >= 4 is 51.7 Å². The summed E-state index contributed by atoms with van der Waals surface area (Å²) < 4.78 is 26.6. The Balaban J connectivity index is 0.00000261. The van der Waals surface area contributed by atoms with Crippen LogP contribution in [0.3, 0.4) is 0 Å². The molecule has 1 aromatic rings. The smallest absolute Gasteiger partial charge is 0.215 e. The second-order valence-corrected chi connectivity index (χ2v) is 9.82. The molecule has 1 saturated heterocycles. The monoisotopic (exact) mass is 524 g/mol. The Hall–Kier alpha value is -0.520. The minimum Gasteiger partial charge on any atom is -0.357 e. The van der Waals surface area contributed by atoms with E-state index in [4.69, 9.17) is 0 Å². The van der Waals surface area contributed by atoms with Crippen LogP contribution in [0.1, 0.15) is 18.1 Å². The number of nitrogens with zero attached hydrogens (tertiary/aromatic N) is 3. The Kier molecular flexibility index (Phi) is 9.17. The fourth-order valence-electron chi connectivity index (χ4n) is 3.32. The molecule has 1 aromatic carbocycles. The van der Waals surface area contributed by atoms with Crippen molar-refractivity contribution in [3.63, 3.8) is 0 Å². The molecule has 2 aliphatic heterocycles. The molecule has 0 radical (unpaired) electrons. The molecule has 2 heterocycles. The molecule has 9 heteroatoms. The first kappa shape index (κ1) is 22.8. The molecule has 27 heavy (non-hydrogen) atoms. The first-order valence-corrected chi connectivity index (χ1v) is 12.0. The van der Waals surface area contributed by atoms with Crippen molar-refractivity contribution in [2.45, 2.75) is 19.9 Å². The molecule has 1 N–H and O–H groups in total. The van der Waals surface area contributed by atoms with Crippen molar-refractivity contribution in [2.75, 3.05) is 50.0 Å². The van der Waals surface area contributed by atoms with Gasteiger partial charge in [0.1, 0.15) is 0 Å². The molecule has 0 bridgehead atoms. The molecule has 6 nitrogen and oxygen atoms in total. The highest BCUT2D eigenvalue weighted by atomic mass is 127. The van der Waals surface area contributed by atoms with Crippen molar-refractivity contribution in [3.8, 4) is 0 Å². The van der Waals surface area contributed by atoms with Gasteiger partial charge >= 0.3 is 0 Å². The standard InChI is InChI=1S/C18H28N4O2S2.HI/c1-2-19-18(21-9-7-16-5-3-4-6-17(16)15-21)20-8-14-26(23,24)22-10-12-25-13-11-22;/h3-6H,2,7-15H2,1H3,(H,19,20);1H. The molecular formula is C18H29IN4O2S2. The number of guanidine groups is 1. The fourth-order valence-corrected chi connectivity index (χ4v) is 5.78. The lowest BCUT2D eigenvalue weighted by Crippen LogP contribution is -2.44. The SMILES string of the molecule is CCNC(=NCCS(=O)(=O)N1CCSCC1)N1CCc2ccccc2C1.I. The zero-order valence-electron chi connectivity index (χ0n) is 15.8. The van der Waals surface area contributed by atoms with Crippen LogP contribution in [0.25, 0.3) is 0 Å². The van der Waals surface area contributed by atoms with E-state index >= 15 is 0 Å². The number of rotatable bonds is 5. The highest BCUT2D eigenvalue weighted by Crippen LogP contribution is 2.18. The van der Waals surface area contributed by atoms with E-state index in [1.807, 2.05) is 18.7 Å². The van der Waals surface area contributed by atoms with E-state index < -0.39 is 10.0 Å². The van der Waals surface area contributed by atoms with Gasteiger partial charge in [-0.15, -0.1) is 24.0 Å². The Morgan fingerprint density at radius 3 is 2.59 bits per heavy atom. The summed E-state index contributed by atoms with van der Waals surface area (Å²) in [6.07, 6.45) is 0.990. The summed E-state index contributed by atoms with van der Waals surface area (Å²) in [5.74, 6) is 2.67. The molecular weight excluding hydrogens is 495 g/mol. The molecule has 0 aromatic heterocycles. The average molecular weight is 524 g/mol. The summed E-state index contributed by atoms with van der Waals surface area (Å²) in [6.45, 7) is 6.07. The first-order valence-electron chi connectivity index (χ1n) is 9.26. The van der Waals surface area contributed by atoms with Crippen molar-refractivity contribution in [1.82, 2.24) is 14.5 Å². The zero-order valence-corrected chi connectivity index (χ0v) is 19.7. The van der Waals surface area contributed by atoms with Gasteiger partial charge in [-0.25, -0.2) is 12.7 Å². The van der Waals surface area contributed by atoms with E-state index in [2.05, 4.69) is 39.5 Å². The number of hydrogen-bond donors (Lipinski definition) is 1. The number of thioether (sulfide) groups is 1. The predicted molar refractivity (Wildman–Crippen MR) is 125 cm³/mol. The second-order valence-electron chi connectivity index (χ2n) is 6.50. The zero-order chi connectivity index (χ0) is 18.4. The van der Waals surface area contributed by atoms with Gasteiger partial charge in [-0.1, -0.05) is 24.3 Å². The number of sulfonamides is 1. The average Bonchev–Trinajstić information content (AvgIpc) is 2.67. The minimum atomic E-state index is -3.21. The van der Waals surface area contributed by atoms with Crippen LogP contribution in [0, 0.1) is 0 Å². The van der Waals surface area contributed by atoms with Gasteiger partial charge in [-0.2, -0.15) is 11.8 Å². The van der Waals surface area contributed by atoms with Crippen LogP contribution >= 0.6 is 35.7 Å². The molecule has 0 atom stereocenters. The number of benzene rings is 1. The van der Waals surface area contributed by atoms with Crippen molar-refractivity contribution < 1.29 is 8.42 Å². The lowest BCUT2D eigenvalue weighted by atomic mass is 10.0. The number of hydrogen-bond acceptors (Lipinski definition) is 4. The van der Waals surface area contributed by atoms with Crippen LogP contribution in [-0.2, 0) is 23.0 Å². The molecule has 3 rings (SSSR count). The third-order valence-corrected chi connectivity index (χ3v) is 7.53. The maximum atomic E-state index is 12.5. The number of aliphatic imine (C=N–C) groups is 1. The van der Waals surface area contributed by atoms with Gasteiger partial charge in [-0.05, 0) is 24.5 Å². The highest BCUT2D eigenvalue weighted by molar-refractivity contribution is 14.0. The van der Waals surface area contributed by atoms with Gasteiger partial charge < -0.3 is 10.2 Å². The molecule has 1 fully saturated rings. The first-order chi connectivity index (χ1) is 12.6. The third-order valence-electron chi connectivity index (χ3n) is 4.74. The molecule has 152 valence electrons. The third kappa shape index (κ3) is 6.23. The highest BCUT2D eigenvalue weighted by Gasteiger charge is 2.24. The van der Waals surface area contributed by atoms with E-state index in [1.165, 1.54) is 11.1 Å². The number of fused-ring (bicyclic) bond motifs is 1. The largest absolute Gasteiger partial charge is 0.357 e. The summed E-state index contributed by atoms with van der Waals surface area (Å²) in [4.78, 5) is 6.83. The molecule has 0 aliphatic carbocycles. The van der Waals surface area contributed by atoms with Crippen molar-refractivity contribution in [2.24, 2.45) is 4.99 Å². The summed E-state index contributed by atoms with van der Waals surface area (Å²) in [6, 6.07) is 8.48. The van der Waals surface area contributed by atoms with Crippen LogP contribution in [0.4, 0.5) is 0 Å². The van der Waals surface area contributed by atoms with Gasteiger partial charge in [0.25, 0.3) is 0 Å². The number of halogens is 1. The Bertz CT molecular complexity index is 737. The quantitative estimate of drug-likeness (QED) is 0.363. The number of nitrogens with one attached hydrogen (secondary N) is 1. The van der Waals surface area contributed by atoms with Crippen LogP contribution in [-0.4, -0.2) is 73.6 Å². The summed E-state index contributed by atoms with van der Waals surface area (Å²) in [5.41, 5.74) is 2.72. The van der Waals surface area contributed by atoms with Gasteiger partial charge in [0.2, 0.25) is 10.0 Å². The normalized spacial score (nSPS) is 18.6. The second kappa shape index (κ2) is 10.9. The minimum absolute atomic E-state index is 0. The fraction of sp³-hybridized carbons (Fsp3) is 0.611. The lowest BCUT2D eigenvalue weighted by molar-refractivity contribution is 0.379. The van der Waals surface area contributed by atoms with Crippen LogP contribution in [0.15, 0.2) is 29.3 Å². The van der Waals surface area contributed by atoms with Crippen molar-refractivity contribution in [1.29, 1.82) is 0 Å². The molecule has 0 unspecified atom stereocenters. The van der Waals surface area contributed by atoms with E-state index in [1.54, 1.807) is 4.31 Å². The van der Waals surface area contributed by atoms with Crippen LogP contribution < -0.4 is 5.32 Å². The Morgan fingerprint density at radius 1 is 1.19 bits per heavy atom. The molecule has 0 spiro atoms. The molecule has 0 amide bonds. The Morgan fingerprint density at radius 2 is 1.89 bits per heavy atom. The summed E-state index contributed by atoms with van der Waals surface area (Å²) in [5, 5.41) is 3.31.